The zero-order valence-corrected chi connectivity index (χ0v) is 14.8. The predicted molar refractivity (Wildman–Crippen MR) is 93.0 cm³/mol. The number of rotatable bonds is 4. The van der Waals surface area contributed by atoms with Crippen molar-refractivity contribution in [1.82, 2.24) is 0 Å². The fraction of sp³-hybridized carbons (Fsp3) is 0.250. The molecule has 0 heterocycles. The monoisotopic (exact) mass is 396 g/mol. The fourth-order valence-electron chi connectivity index (χ4n) is 2.19. The topological polar surface area (TPSA) is 29.3 Å². The van der Waals surface area contributed by atoms with Crippen LogP contribution in [0.3, 0.4) is 0 Å². The van der Waals surface area contributed by atoms with Crippen molar-refractivity contribution in [1.29, 1.82) is 0 Å². The minimum Gasteiger partial charge on any atom is -0.370 e. The van der Waals surface area contributed by atoms with E-state index in [2.05, 4.69) is 86.3 Å². The lowest BCUT2D eigenvalue weighted by molar-refractivity contribution is 0.800. The van der Waals surface area contributed by atoms with Gasteiger partial charge < -0.3 is 10.6 Å². The van der Waals surface area contributed by atoms with Crippen LogP contribution in [0.5, 0.6) is 0 Å². The summed E-state index contributed by atoms with van der Waals surface area (Å²) in [6.07, 6.45) is 0. The Labute approximate surface area is 137 Å². The van der Waals surface area contributed by atoms with E-state index in [4.69, 9.17) is 5.73 Å². The minimum absolute atomic E-state index is 0.00914. The maximum absolute atomic E-state index is 6.08. The second-order valence-corrected chi connectivity index (χ2v) is 6.81. The Morgan fingerprint density at radius 1 is 1.05 bits per heavy atom. The molecule has 2 N–H and O–H groups in total. The van der Waals surface area contributed by atoms with Crippen molar-refractivity contribution in [3.8, 4) is 0 Å². The average Bonchev–Trinajstić information content (AvgIpc) is 2.41. The molecule has 0 aliphatic heterocycles. The number of nitrogens with two attached hydrogens (primary N) is 1. The Hall–Kier alpha value is -0.840. The largest absolute Gasteiger partial charge is 0.370 e. The van der Waals surface area contributed by atoms with Gasteiger partial charge in [-0.2, -0.15) is 0 Å². The van der Waals surface area contributed by atoms with Crippen molar-refractivity contribution in [3.63, 3.8) is 0 Å². The summed E-state index contributed by atoms with van der Waals surface area (Å²) in [4.78, 5) is 2.23. The second kappa shape index (κ2) is 6.74. The molecule has 4 heteroatoms. The lowest BCUT2D eigenvalue weighted by Gasteiger charge is -2.24. The number of hydrogen-bond donors (Lipinski definition) is 1. The van der Waals surface area contributed by atoms with Gasteiger partial charge in [0.2, 0.25) is 0 Å². The Morgan fingerprint density at radius 2 is 1.65 bits per heavy atom. The zero-order valence-electron chi connectivity index (χ0n) is 11.6. The molecule has 1 unspecified atom stereocenters. The van der Waals surface area contributed by atoms with Gasteiger partial charge in [0.15, 0.2) is 0 Å². The molecule has 0 saturated heterocycles. The Balaban J connectivity index is 2.24. The van der Waals surface area contributed by atoms with Gasteiger partial charge in [-0.15, -0.1) is 0 Å². The normalized spacial score (nSPS) is 12.2. The molecule has 0 aliphatic rings. The van der Waals surface area contributed by atoms with Crippen LogP contribution in [0.15, 0.2) is 51.4 Å². The number of anilines is 1. The number of hydrogen-bond acceptors (Lipinski definition) is 2. The first-order chi connectivity index (χ1) is 9.47. The van der Waals surface area contributed by atoms with E-state index in [1.54, 1.807) is 0 Å². The van der Waals surface area contributed by atoms with Gasteiger partial charge in [-0.3, -0.25) is 0 Å². The molecular weight excluding hydrogens is 380 g/mol. The van der Waals surface area contributed by atoms with Crippen LogP contribution in [0, 0.1) is 0 Å². The molecule has 106 valence electrons. The number of nitrogens with zero attached hydrogens (tertiary/aromatic N) is 1. The molecule has 1 atom stereocenters. The first kappa shape index (κ1) is 15.5. The van der Waals surface area contributed by atoms with Crippen LogP contribution in [0.4, 0.5) is 5.69 Å². The van der Waals surface area contributed by atoms with E-state index in [1.807, 2.05) is 6.92 Å². The lowest BCUT2D eigenvalue weighted by Crippen LogP contribution is -2.20. The Bertz CT molecular complexity index is 580. The van der Waals surface area contributed by atoms with Gasteiger partial charge in [0.05, 0.1) is 0 Å². The maximum atomic E-state index is 6.08. The standard InChI is InChI=1S/C16H18Br2N2/c1-11(19)15-9-14(18)7-8-16(15)20(2)10-12-3-5-13(17)6-4-12/h3-9,11H,10,19H2,1-2H3. The maximum Gasteiger partial charge on any atom is 0.0426 e. The van der Waals surface area contributed by atoms with E-state index in [9.17, 15) is 0 Å². The summed E-state index contributed by atoms with van der Waals surface area (Å²) in [6, 6.07) is 14.7. The minimum atomic E-state index is 0.00914. The van der Waals surface area contributed by atoms with E-state index in [-0.39, 0.29) is 6.04 Å². The van der Waals surface area contributed by atoms with Crippen molar-refractivity contribution in [2.75, 3.05) is 11.9 Å². The van der Waals surface area contributed by atoms with E-state index in [0.29, 0.717) is 0 Å². The molecule has 0 aromatic heterocycles. The van der Waals surface area contributed by atoms with Crippen molar-refractivity contribution < 1.29 is 0 Å². The van der Waals surface area contributed by atoms with E-state index < -0.39 is 0 Å². The van der Waals surface area contributed by atoms with Gasteiger partial charge in [-0.05, 0) is 48.4 Å². The number of benzene rings is 2. The SMILES string of the molecule is CC(N)c1cc(Br)ccc1N(C)Cc1ccc(Br)cc1. The summed E-state index contributed by atoms with van der Waals surface area (Å²) < 4.78 is 2.16. The van der Waals surface area contributed by atoms with Crippen molar-refractivity contribution in [2.24, 2.45) is 5.73 Å². The third-order valence-corrected chi connectivity index (χ3v) is 4.25. The first-order valence-electron chi connectivity index (χ1n) is 6.48. The highest BCUT2D eigenvalue weighted by atomic mass is 79.9. The molecule has 20 heavy (non-hydrogen) atoms. The summed E-state index contributed by atoms with van der Waals surface area (Å²) in [7, 11) is 2.09. The quantitative estimate of drug-likeness (QED) is 0.797. The molecule has 0 aliphatic carbocycles. The molecule has 2 aromatic carbocycles. The fourth-order valence-corrected chi connectivity index (χ4v) is 2.83. The lowest BCUT2D eigenvalue weighted by atomic mass is 10.1. The molecule has 0 radical (unpaired) electrons. The van der Waals surface area contributed by atoms with Gasteiger partial charge in [-0.1, -0.05) is 44.0 Å². The molecule has 0 amide bonds. The summed E-state index contributed by atoms with van der Waals surface area (Å²) in [5, 5.41) is 0. The Kier molecular flexibility index (Phi) is 5.24. The smallest absolute Gasteiger partial charge is 0.0426 e. The van der Waals surface area contributed by atoms with Crippen LogP contribution in [-0.2, 0) is 6.54 Å². The average molecular weight is 398 g/mol. The van der Waals surface area contributed by atoms with E-state index >= 15 is 0 Å². The predicted octanol–water partition coefficient (Wildman–Crippen LogP) is 4.87. The van der Waals surface area contributed by atoms with Crippen LogP contribution >= 0.6 is 31.9 Å². The third-order valence-electron chi connectivity index (χ3n) is 3.22. The van der Waals surface area contributed by atoms with Crippen molar-refractivity contribution in [3.05, 3.63) is 62.5 Å². The summed E-state index contributed by atoms with van der Waals surface area (Å²) in [5.41, 5.74) is 9.68. The molecule has 0 spiro atoms. The third kappa shape index (κ3) is 3.84. The molecule has 2 rings (SSSR count). The van der Waals surface area contributed by atoms with Gasteiger partial charge in [0.1, 0.15) is 0 Å². The molecule has 2 aromatic rings. The summed E-state index contributed by atoms with van der Waals surface area (Å²) in [6.45, 7) is 2.87. The van der Waals surface area contributed by atoms with Gasteiger partial charge in [-0.25, -0.2) is 0 Å². The van der Waals surface area contributed by atoms with Crippen LogP contribution in [0.2, 0.25) is 0 Å². The highest BCUT2D eigenvalue weighted by Crippen LogP contribution is 2.29. The molecule has 2 nitrogen and oxygen atoms in total. The second-order valence-electron chi connectivity index (χ2n) is 4.97. The van der Waals surface area contributed by atoms with Crippen LogP contribution in [0.25, 0.3) is 0 Å². The van der Waals surface area contributed by atoms with E-state index in [1.165, 1.54) is 11.3 Å². The van der Waals surface area contributed by atoms with E-state index in [0.717, 1.165) is 21.1 Å². The highest BCUT2D eigenvalue weighted by molar-refractivity contribution is 9.10. The number of halogens is 2. The summed E-state index contributed by atoms with van der Waals surface area (Å²) >= 11 is 6.97. The van der Waals surface area contributed by atoms with Crippen molar-refractivity contribution >= 4 is 37.5 Å². The molecule has 0 bridgehead atoms. The summed E-state index contributed by atoms with van der Waals surface area (Å²) in [5.74, 6) is 0. The Morgan fingerprint density at radius 3 is 2.25 bits per heavy atom. The van der Waals surface area contributed by atoms with Gasteiger partial charge >= 0.3 is 0 Å². The van der Waals surface area contributed by atoms with Gasteiger partial charge in [0.25, 0.3) is 0 Å². The molecule has 0 fully saturated rings. The zero-order chi connectivity index (χ0) is 14.7. The van der Waals surface area contributed by atoms with Crippen LogP contribution in [-0.4, -0.2) is 7.05 Å². The highest BCUT2D eigenvalue weighted by Gasteiger charge is 2.11. The van der Waals surface area contributed by atoms with Crippen molar-refractivity contribution in [2.45, 2.75) is 19.5 Å². The molecule has 0 saturated carbocycles. The van der Waals surface area contributed by atoms with Crippen LogP contribution in [0.1, 0.15) is 24.1 Å². The van der Waals surface area contributed by atoms with Crippen LogP contribution < -0.4 is 10.6 Å². The van der Waals surface area contributed by atoms with Gasteiger partial charge in [0, 0.05) is 34.3 Å². The first-order valence-corrected chi connectivity index (χ1v) is 8.06. The molecular formula is C16H18Br2N2.